The summed E-state index contributed by atoms with van der Waals surface area (Å²) in [5, 5.41) is 10.3. The highest BCUT2D eigenvalue weighted by Crippen LogP contribution is 2.25. The number of piperidine rings is 1. The first-order valence-electron chi connectivity index (χ1n) is 10.4. The first kappa shape index (κ1) is 20.3. The molecule has 0 aliphatic carbocycles. The third kappa shape index (κ3) is 5.77. The molecule has 0 radical (unpaired) electrons. The Morgan fingerprint density at radius 2 is 1.89 bits per heavy atom. The number of rotatable bonds is 6. The van der Waals surface area contributed by atoms with E-state index in [-0.39, 0.29) is 12.0 Å². The quantitative estimate of drug-likeness (QED) is 0.832. The van der Waals surface area contributed by atoms with Gasteiger partial charge in [-0.15, -0.1) is 0 Å². The van der Waals surface area contributed by atoms with Gasteiger partial charge in [0.15, 0.2) is 6.10 Å². The van der Waals surface area contributed by atoms with Gasteiger partial charge in [-0.2, -0.15) is 0 Å². The Hall–Kier alpha value is -1.43. The number of carbonyl (C=O) groups excluding carboxylic acids is 1. The molecule has 150 valence electrons. The molecule has 2 aliphatic heterocycles. The molecule has 5 nitrogen and oxygen atoms in total. The van der Waals surface area contributed by atoms with Crippen molar-refractivity contribution in [2.75, 3.05) is 26.7 Å². The second kappa shape index (κ2) is 9.67. The topological polar surface area (TPSA) is 53.0 Å². The van der Waals surface area contributed by atoms with Crippen molar-refractivity contribution in [3.63, 3.8) is 0 Å². The minimum atomic E-state index is -0.737. The lowest BCUT2D eigenvalue weighted by molar-refractivity contribution is -0.168. The van der Waals surface area contributed by atoms with Crippen LogP contribution in [-0.2, 0) is 16.1 Å². The largest absolute Gasteiger partial charge is 0.390 e. The Labute approximate surface area is 163 Å². The van der Waals surface area contributed by atoms with E-state index in [1.807, 2.05) is 30.3 Å². The molecule has 2 fully saturated rings. The number of aliphatic hydroxyl groups excluding tert-OH is 1. The molecule has 2 heterocycles. The standard InChI is InChI=1S/C22H34N2O3/c1-17-10-13-24(14-11-17)15-12-19-8-9-20(25)21(27-19)22(26)23(2)16-18-6-4-3-5-7-18/h3-7,17,19-21,25H,8-16H2,1-2H3/t19-,20-,21-/m0/s1. The fourth-order valence-electron chi connectivity index (χ4n) is 4.07. The van der Waals surface area contributed by atoms with Gasteiger partial charge in [-0.3, -0.25) is 4.79 Å². The predicted octanol–water partition coefficient (Wildman–Crippen LogP) is 2.68. The molecule has 27 heavy (non-hydrogen) atoms. The van der Waals surface area contributed by atoms with E-state index in [1.54, 1.807) is 11.9 Å². The molecule has 2 saturated heterocycles. The predicted molar refractivity (Wildman–Crippen MR) is 106 cm³/mol. The number of likely N-dealkylation sites (N-methyl/N-ethyl adjacent to an activating group) is 1. The van der Waals surface area contributed by atoms with Crippen LogP contribution < -0.4 is 0 Å². The summed E-state index contributed by atoms with van der Waals surface area (Å²) in [5.74, 6) is 0.715. The number of likely N-dealkylation sites (tertiary alicyclic amines) is 1. The van der Waals surface area contributed by atoms with E-state index in [4.69, 9.17) is 4.74 Å². The molecule has 0 spiro atoms. The van der Waals surface area contributed by atoms with Crippen LogP contribution in [0.5, 0.6) is 0 Å². The minimum Gasteiger partial charge on any atom is -0.390 e. The van der Waals surface area contributed by atoms with Gasteiger partial charge in [0.2, 0.25) is 0 Å². The maximum absolute atomic E-state index is 12.8. The molecule has 1 amide bonds. The van der Waals surface area contributed by atoms with Crippen LogP contribution in [0, 0.1) is 5.92 Å². The Balaban J connectivity index is 1.49. The van der Waals surface area contributed by atoms with Crippen molar-refractivity contribution < 1.29 is 14.6 Å². The van der Waals surface area contributed by atoms with Gasteiger partial charge in [0, 0.05) is 20.1 Å². The Morgan fingerprint density at radius 1 is 1.19 bits per heavy atom. The van der Waals surface area contributed by atoms with E-state index >= 15 is 0 Å². The lowest BCUT2D eigenvalue weighted by Crippen LogP contribution is -2.49. The minimum absolute atomic E-state index is 0.0619. The van der Waals surface area contributed by atoms with Crippen LogP contribution in [-0.4, -0.2) is 65.8 Å². The van der Waals surface area contributed by atoms with Crippen molar-refractivity contribution in [3.8, 4) is 0 Å². The number of hydrogen-bond acceptors (Lipinski definition) is 4. The molecule has 0 bridgehead atoms. The molecular formula is C22H34N2O3. The zero-order valence-corrected chi connectivity index (χ0v) is 16.7. The average Bonchev–Trinajstić information content (AvgIpc) is 2.69. The second-order valence-corrected chi connectivity index (χ2v) is 8.32. The molecule has 0 aromatic heterocycles. The van der Waals surface area contributed by atoms with Gasteiger partial charge in [-0.1, -0.05) is 37.3 Å². The summed E-state index contributed by atoms with van der Waals surface area (Å²) < 4.78 is 6.06. The summed E-state index contributed by atoms with van der Waals surface area (Å²) in [6.07, 6.45) is 3.57. The highest BCUT2D eigenvalue weighted by Gasteiger charge is 2.36. The highest BCUT2D eigenvalue weighted by atomic mass is 16.5. The fraction of sp³-hybridized carbons (Fsp3) is 0.682. The molecular weight excluding hydrogens is 340 g/mol. The van der Waals surface area contributed by atoms with E-state index in [9.17, 15) is 9.90 Å². The summed E-state index contributed by atoms with van der Waals surface area (Å²) in [7, 11) is 1.78. The molecule has 1 aromatic rings. The SMILES string of the molecule is CC1CCN(CC[C@@H]2CC[C@H](O)[C@@H](C(=O)N(C)Cc3ccccc3)O2)CC1. The van der Waals surface area contributed by atoms with E-state index < -0.39 is 12.2 Å². The van der Waals surface area contributed by atoms with Crippen LogP contribution in [0.1, 0.15) is 44.6 Å². The molecule has 0 unspecified atom stereocenters. The molecule has 3 atom stereocenters. The first-order valence-corrected chi connectivity index (χ1v) is 10.4. The van der Waals surface area contributed by atoms with Crippen LogP contribution in [0.2, 0.25) is 0 Å². The van der Waals surface area contributed by atoms with Crippen molar-refractivity contribution in [1.29, 1.82) is 0 Å². The lowest BCUT2D eigenvalue weighted by Gasteiger charge is -2.36. The van der Waals surface area contributed by atoms with Gasteiger partial charge in [0.1, 0.15) is 0 Å². The number of carbonyl (C=O) groups is 1. The number of amides is 1. The smallest absolute Gasteiger partial charge is 0.254 e. The van der Waals surface area contributed by atoms with E-state index in [1.165, 1.54) is 25.9 Å². The van der Waals surface area contributed by atoms with E-state index in [0.29, 0.717) is 13.0 Å². The second-order valence-electron chi connectivity index (χ2n) is 8.32. The third-order valence-electron chi connectivity index (χ3n) is 6.00. The van der Waals surface area contributed by atoms with Crippen LogP contribution in [0.3, 0.4) is 0 Å². The third-order valence-corrected chi connectivity index (χ3v) is 6.00. The van der Waals surface area contributed by atoms with Gasteiger partial charge in [-0.25, -0.2) is 0 Å². The monoisotopic (exact) mass is 374 g/mol. The number of aliphatic hydroxyl groups is 1. The number of hydrogen-bond donors (Lipinski definition) is 1. The van der Waals surface area contributed by atoms with Crippen LogP contribution in [0.15, 0.2) is 30.3 Å². The fourth-order valence-corrected chi connectivity index (χ4v) is 4.07. The molecule has 2 aliphatic rings. The molecule has 3 rings (SSSR count). The Morgan fingerprint density at radius 3 is 2.59 bits per heavy atom. The lowest BCUT2D eigenvalue weighted by atomic mass is 9.96. The van der Waals surface area contributed by atoms with Crippen molar-refractivity contribution >= 4 is 5.91 Å². The highest BCUT2D eigenvalue weighted by molar-refractivity contribution is 5.81. The maximum atomic E-state index is 12.8. The molecule has 5 heteroatoms. The number of benzene rings is 1. The van der Waals surface area contributed by atoms with Gasteiger partial charge in [0.25, 0.3) is 5.91 Å². The zero-order chi connectivity index (χ0) is 19.2. The van der Waals surface area contributed by atoms with Crippen molar-refractivity contribution in [2.24, 2.45) is 5.92 Å². The normalized spacial score (nSPS) is 27.4. The van der Waals surface area contributed by atoms with Gasteiger partial charge < -0.3 is 19.6 Å². The van der Waals surface area contributed by atoms with Crippen LogP contribution >= 0.6 is 0 Å². The van der Waals surface area contributed by atoms with Gasteiger partial charge in [0.05, 0.1) is 12.2 Å². The summed E-state index contributed by atoms with van der Waals surface area (Å²) in [4.78, 5) is 17.0. The van der Waals surface area contributed by atoms with E-state index in [2.05, 4.69) is 11.8 Å². The van der Waals surface area contributed by atoms with Crippen molar-refractivity contribution in [1.82, 2.24) is 9.80 Å². The van der Waals surface area contributed by atoms with Crippen LogP contribution in [0.25, 0.3) is 0 Å². The van der Waals surface area contributed by atoms with Crippen LogP contribution in [0.4, 0.5) is 0 Å². The van der Waals surface area contributed by atoms with Crippen molar-refractivity contribution in [3.05, 3.63) is 35.9 Å². The Kier molecular flexibility index (Phi) is 7.27. The summed E-state index contributed by atoms with van der Waals surface area (Å²) in [5.41, 5.74) is 1.08. The number of ether oxygens (including phenoxy) is 1. The average molecular weight is 375 g/mol. The van der Waals surface area contributed by atoms with Gasteiger partial charge >= 0.3 is 0 Å². The Bertz CT molecular complexity index is 586. The summed E-state index contributed by atoms with van der Waals surface area (Å²) in [6.45, 7) is 6.21. The van der Waals surface area contributed by atoms with Crippen molar-refractivity contribution in [2.45, 2.75) is 63.9 Å². The zero-order valence-electron chi connectivity index (χ0n) is 16.7. The van der Waals surface area contributed by atoms with E-state index in [0.717, 1.165) is 30.9 Å². The first-order chi connectivity index (χ1) is 13.0. The molecule has 1 N–H and O–H groups in total. The summed E-state index contributed by atoms with van der Waals surface area (Å²) in [6, 6.07) is 9.91. The summed E-state index contributed by atoms with van der Waals surface area (Å²) >= 11 is 0. The number of nitrogens with zero attached hydrogens (tertiary/aromatic N) is 2. The van der Waals surface area contributed by atoms with Gasteiger partial charge in [-0.05, 0) is 56.7 Å². The molecule has 1 aromatic carbocycles. The maximum Gasteiger partial charge on any atom is 0.254 e. The molecule has 0 saturated carbocycles.